The second-order valence-electron chi connectivity index (χ2n) is 6.53. The average molecular weight is 399 g/mol. The second kappa shape index (κ2) is 9.41. The Kier molecular flexibility index (Phi) is 6.70. The van der Waals surface area contributed by atoms with E-state index in [1.807, 2.05) is 51.2 Å². The molecule has 0 atom stereocenters. The van der Waals surface area contributed by atoms with Gasteiger partial charge in [0.1, 0.15) is 5.82 Å². The van der Waals surface area contributed by atoms with Gasteiger partial charge in [-0.15, -0.1) is 0 Å². The van der Waals surface area contributed by atoms with E-state index in [0.29, 0.717) is 17.0 Å². The fourth-order valence-corrected chi connectivity index (χ4v) is 3.27. The van der Waals surface area contributed by atoms with E-state index in [1.165, 1.54) is 0 Å². The third-order valence-corrected chi connectivity index (χ3v) is 4.53. The van der Waals surface area contributed by atoms with E-state index >= 15 is 0 Å². The first-order chi connectivity index (χ1) is 13.5. The van der Waals surface area contributed by atoms with Gasteiger partial charge in [-0.25, -0.2) is 15.0 Å². The molecule has 3 rings (SSSR count). The van der Waals surface area contributed by atoms with Gasteiger partial charge in [0.15, 0.2) is 5.11 Å². The molecule has 28 heavy (non-hydrogen) atoms. The zero-order valence-corrected chi connectivity index (χ0v) is 17.3. The number of guanidine groups is 1. The molecule has 3 heterocycles. The Morgan fingerprint density at radius 2 is 1.86 bits per heavy atom. The Morgan fingerprint density at radius 1 is 1.14 bits per heavy atom. The fraction of sp³-hybridized carbons (Fsp3) is 0.421. The topological polar surface area (TPSA) is 81.6 Å². The summed E-state index contributed by atoms with van der Waals surface area (Å²) < 4.78 is 0. The molecular weight excluding hydrogens is 372 g/mol. The summed E-state index contributed by atoms with van der Waals surface area (Å²) in [6.45, 7) is 9.90. The van der Waals surface area contributed by atoms with E-state index in [9.17, 15) is 0 Å². The van der Waals surface area contributed by atoms with Crippen molar-refractivity contribution >= 4 is 35.1 Å². The van der Waals surface area contributed by atoms with Crippen LogP contribution in [0.2, 0.25) is 0 Å². The highest BCUT2D eigenvalue weighted by atomic mass is 32.1. The van der Waals surface area contributed by atoms with E-state index < -0.39 is 0 Å². The summed E-state index contributed by atoms with van der Waals surface area (Å²) in [6, 6.07) is 7.92. The predicted molar refractivity (Wildman–Crippen MR) is 117 cm³/mol. The minimum atomic E-state index is 0.446. The van der Waals surface area contributed by atoms with Crippen molar-refractivity contribution in [2.45, 2.75) is 20.8 Å². The molecule has 0 radical (unpaired) electrons. The molecule has 1 fully saturated rings. The third kappa shape index (κ3) is 5.35. The number of anilines is 2. The van der Waals surface area contributed by atoms with Crippen molar-refractivity contribution < 1.29 is 0 Å². The number of piperazine rings is 1. The molecule has 0 unspecified atom stereocenters. The quantitative estimate of drug-likeness (QED) is 0.461. The fourth-order valence-electron chi connectivity index (χ4n) is 3.03. The maximum atomic E-state index is 5.34. The van der Waals surface area contributed by atoms with Crippen LogP contribution in [0.15, 0.2) is 35.5 Å². The minimum absolute atomic E-state index is 0.446. The highest BCUT2D eigenvalue weighted by Gasteiger charge is 2.22. The number of hydrogen-bond acceptors (Lipinski definition) is 5. The SMILES string of the molecule is CCNC(=S)/N=C(/Nc1nc(C)cc(C)n1)N1CCN(c2ccccn2)CC1. The average Bonchev–Trinajstić information content (AvgIpc) is 2.68. The van der Waals surface area contributed by atoms with Crippen LogP contribution in [0.4, 0.5) is 11.8 Å². The molecule has 0 amide bonds. The number of hydrogen-bond donors (Lipinski definition) is 2. The number of pyridine rings is 1. The molecule has 0 spiro atoms. The maximum Gasteiger partial charge on any atom is 0.229 e. The van der Waals surface area contributed by atoms with Crippen LogP contribution in [0.3, 0.4) is 0 Å². The molecule has 148 valence electrons. The highest BCUT2D eigenvalue weighted by molar-refractivity contribution is 7.80. The highest BCUT2D eigenvalue weighted by Crippen LogP contribution is 2.14. The first-order valence-corrected chi connectivity index (χ1v) is 9.82. The summed E-state index contributed by atoms with van der Waals surface area (Å²) in [4.78, 5) is 22.4. The van der Waals surface area contributed by atoms with Gasteiger partial charge in [0.05, 0.1) is 0 Å². The molecule has 2 N–H and O–H groups in total. The van der Waals surface area contributed by atoms with Gasteiger partial charge in [0.2, 0.25) is 11.9 Å². The summed E-state index contributed by atoms with van der Waals surface area (Å²) >= 11 is 5.34. The third-order valence-electron chi connectivity index (χ3n) is 4.29. The van der Waals surface area contributed by atoms with Crippen molar-refractivity contribution in [3.63, 3.8) is 0 Å². The molecule has 2 aromatic heterocycles. The van der Waals surface area contributed by atoms with Gasteiger partial charge in [-0.05, 0) is 51.2 Å². The van der Waals surface area contributed by atoms with Crippen LogP contribution >= 0.6 is 12.2 Å². The van der Waals surface area contributed by atoms with Crippen LogP contribution in [0, 0.1) is 13.8 Å². The lowest BCUT2D eigenvalue weighted by Gasteiger charge is -2.36. The zero-order chi connectivity index (χ0) is 19.9. The second-order valence-corrected chi connectivity index (χ2v) is 6.92. The Balaban J connectivity index is 1.75. The standard InChI is InChI=1S/C19H26N8S/c1-4-20-19(28)25-18(24-17-22-14(2)13-15(3)23-17)27-11-9-26(10-12-27)16-7-5-6-8-21-16/h5-8,13H,4,9-12H2,1-3H3,(H2,20,22,23,24,25,28). The number of nitrogens with zero attached hydrogens (tertiary/aromatic N) is 6. The van der Waals surface area contributed by atoms with E-state index in [2.05, 4.69) is 40.4 Å². The van der Waals surface area contributed by atoms with Crippen LogP contribution in [0.1, 0.15) is 18.3 Å². The molecule has 2 aromatic rings. The molecule has 0 bridgehead atoms. The van der Waals surface area contributed by atoms with Crippen molar-refractivity contribution in [2.75, 3.05) is 42.9 Å². The number of aliphatic imine (C=N–C) groups is 1. The van der Waals surface area contributed by atoms with Gasteiger partial charge in [-0.2, -0.15) is 4.99 Å². The molecule has 1 saturated heterocycles. The minimum Gasteiger partial charge on any atom is -0.361 e. The van der Waals surface area contributed by atoms with Crippen molar-refractivity contribution in [3.05, 3.63) is 41.9 Å². The zero-order valence-electron chi connectivity index (χ0n) is 16.5. The Morgan fingerprint density at radius 3 is 2.46 bits per heavy atom. The molecule has 0 aliphatic carbocycles. The molecule has 1 aliphatic rings. The van der Waals surface area contributed by atoms with E-state index in [-0.39, 0.29) is 0 Å². The Bertz CT molecular complexity index is 811. The van der Waals surface area contributed by atoms with E-state index in [1.54, 1.807) is 0 Å². The number of rotatable bonds is 3. The van der Waals surface area contributed by atoms with Crippen LogP contribution in [-0.2, 0) is 0 Å². The summed E-state index contributed by atoms with van der Waals surface area (Å²) in [7, 11) is 0. The van der Waals surface area contributed by atoms with Gasteiger partial charge >= 0.3 is 0 Å². The Hall–Kier alpha value is -2.81. The lowest BCUT2D eigenvalue weighted by atomic mass is 10.3. The van der Waals surface area contributed by atoms with Crippen LogP contribution in [0.5, 0.6) is 0 Å². The first kappa shape index (κ1) is 19.9. The number of aromatic nitrogens is 3. The van der Waals surface area contributed by atoms with Gasteiger partial charge in [-0.3, -0.25) is 5.32 Å². The van der Waals surface area contributed by atoms with Crippen LogP contribution in [-0.4, -0.2) is 63.6 Å². The monoisotopic (exact) mass is 398 g/mol. The van der Waals surface area contributed by atoms with Crippen molar-refractivity contribution in [3.8, 4) is 0 Å². The summed E-state index contributed by atoms with van der Waals surface area (Å²) in [6.07, 6.45) is 1.82. The van der Waals surface area contributed by atoms with Gasteiger partial charge in [-0.1, -0.05) is 6.07 Å². The van der Waals surface area contributed by atoms with Crippen molar-refractivity contribution in [1.29, 1.82) is 0 Å². The summed E-state index contributed by atoms with van der Waals surface area (Å²) in [5.74, 6) is 2.19. The van der Waals surface area contributed by atoms with Crippen LogP contribution < -0.4 is 15.5 Å². The number of nitrogens with one attached hydrogen (secondary N) is 2. The number of aryl methyl sites for hydroxylation is 2. The summed E-state index contributed by atoms with van der Waals surface area (Å²) in [5, 5.41) is 6.79. The molecular formula is C19H26N8S. The number of thiocarbonyl (C=S) groups is 1. The first-order valence-electron chi connectivity index (χ1n) is 9.42. The molecule has 9 heteroatoms. The van der Waals surface area contributed by atoms with E-state index in [0.717, 1.165) is 49.9 Å². The summed E-state index contributed by atoms with van der Waals surface area (Å²) in [5.41, 5.74) is 1.81. The lowest BCUT2D eigenvalue weighted by molar-refractivity contribution is 0.384. The van der Waals surface area contributed by atoms with Crippen molar-refractivity contribution in [1.82, 2.24) is 25.2 Å². The van der Waals surface area contributed by atoms with Crippen molar-refractivity contribution in [2.24, 2.45) is 4.99 Å². The molecule has 0 aromatic carbocycles. The van der Waals surface area contributed by atoms with Gasteiger partial charge in [0, 0.05) is 50.3 Å². The maximum absolute atomic E-state index is 5.34. The van der Waals surface area contributed by atoms with Gasteiger partial charge in [0.25, 0.3) is 0 Å². The van der Waals surface area contributed by atoms with E-state index in [4.69, 9.17) is 12.2 Å². The largest absolute Gasteiger partial charge is 0.361 e. The Labute approximate surface area is 171 Å². The molecule has 8 nitrogen and oxygen atoms in total. The van der Waals surface area contributed by atoms with Crippen LogP contribution in [0.25, 0.3) is 0 Å². The molecule has 0 saturated carbocycles. The van der Waals surface area contributed by atoms with Gasteiger partial charge < -0.3 is 15.1 Å². The lowest BCUT2D eigenvalue weighted by Crippen LogP contribution is -2.51. The molecule has 1 aliphatic heterocycles. The predicted octanol–water partition coefficient (Wildman–Crippen LogP) is 1.97. The smallest absolute Gasteiger partial charge is 0.229 e. The normalized spacial score (nSPS) is 14.8.